The maximum atomic E-state index is 11.6. The lowest BCUT2D eigenvalue weighted by molar-refractivity contribution is -0.161. The van der Waals surface area contributed by atoms with E-state index in [0.29, 0.717) is 24.5 Å². The molecule has 20 heavy (non-hydrogen) atoms. The van der Waals surface area contributed by atoms with E-state index < -0.39 is 18.0 Å². The van der Waals surface area contributed by atoms with Crippen LogP contribution in [0.2, 0.25) is 0 Å². The van der Waals surface area contributed by atoms with Crippen molar-refractivity contribution in [1.29, 1.82) is 0 Å². The first kappa shape index (κ1) is 14.2. The van der Waals surface area contributed by atoms with Gasteiger partial charge in [0.2, 0.25) is 6.10 Å². The van der Waals surface area contributed by atoms with E-state index in [9.17, 15) is 9.59 Å². The van der Waals surface area contributed by atoms with Gasteiger partial charge >= 0.3 is 11.9 Å². The molecule has 2 rings (SSSR count). The van der Waals surface area contributed by atoms with Gasteiger partial charge in [0.15, 0.2) is 18.1 Å². The van der Waals surface area contributed by atoms with Gasteiger partial charge < -0.3 is 18.9 Å². The predicted molar refractivity (Wildman–Crippen MR) is 68.6 cm³/mol. The van der Waals surface area contributed by atoms with Crippen molar-refractivity contribution in [3.8, 4) is 11.5 Å². The van der Waals surface area contributed by atoms with Crippen molar-refractivity contribution < 1.29 is 28.5 Å². The molecular weight excluding hydrogens is 264 g/mol. The predicted octanol–water partition coefficient (Wildman–Crippen LogP) is 1.32. The monoisotopic (exact) mass is 280 g/mol. The summed E-state index contributed by atoms with van der Waals surface area (Å²) >= 11 is 0. The van der Waals surface area contributed by atoms with Crippen molar-refractivity contribution in [2.45, 2.75) is 19.4 Å². The number of benzene rings is 1. The standard InChI is InChI=1S/C14H16O6/c1-2-17-10-5-3-4-6-11(10)19-9-13(15)20-12-7-8-18-14(12)16/h3-6,12H,2,7-9H2,1H3/t12-/m1/s1. The molecule has 1 fully saturated rings. The summed E-state index contributed by atoms with van der Waals surface area (Å²) in [6.07, 6.45) is -0.423. The van der Waals surface area contributed by atoms with Gasteiger partial charge in [0.1, 0.15) is 0 Å². The quantitative estimate of drug-likeness (QED) is 0.732. The van der Waals surface area contributed by atoms with E-state index in [0.717, 1.165) is 0 Å². The molecule has 1 saturated heterocycles. The van der Waals surface area contributed by atoms with Gasteiger partial charge in [-0.05, 0) is 19.1 Å². The largest absolute Gasteiger partial charge is 0.490 e. The van der Waals surface area contributed by atoms with E-state index in [-0.39, 0.29) is 13.2 Å². The molecule has 0 N–H and O–H groups in total. The van der Waals surface area contributed by atoms with Gasteiger partial charge in [-0.25, -0.2) is 9.59 Å². The zero-order valence-corrected chi connectivity index (χ0v) is 11.2. The van der Waals surface area contributed by atoms with Crippen molar-refractivity contribution in [2.75, 3.05) is 19.8 Å². The summed E-state index contributed by atoms with van der Waals surface area (Å²) in [7, 11) is 0. The first-order valence-electron chi connectivity index (χ1n) is 6.41. The molecule has 108 valence electrons. The minimum absolute atomic E-state index is 0.283. The third-order valence-corrected chi connectivity index (χ3v) is 2.66. The van der Waals surface area contributed by atoms with Crippen molar-refractivity contribution >= 4 is 11.9 Å². The Hall–Kier alpha value is -2.24. The van der Waals surface area contributed by atoms with Gasteiger partial charge in [-0.3, -0.25) is 0 Å². The molecule has 0 radical (unpaired) electrons. The third-order valence-electron chi connectivity index (χ3n) is 2.66. The normalized spacial score (nSPS) is 17.4. The molecule has 1 aromatic rings. The highest BCUT2D eigenvalue weighted by atomic mass is 16.6. The Bertz CT molecular complexity index is 484. The van der Waals surface area contributed by atoms with Crippen LogP contribution in [0.25, 0.3) is 0 Å². The van der Waals surface area contributed by atoms with Crippen LogP contribution in [-0.2, 0) is 19.1 Å². The Morgan fingerprint density at radius 2 is 2.00 bits per heavy atom. The summed E-state index contributed by atoms with van der Waals surface area (Å²) in [5, 5.41) is 0. The van der Waals surface area contributed by atoms with Gasteiger partial charge in [-0.2, -0.15) is 0 Å². The molecule has 0 unspecified atom stereocenters. The number of esters is 2. The van der Waals surface area contributed by atoms with E-state index >= 15 is 0 Å². The molecule has 1 aromatic carbocycles. The summed E-state index contributed by atoms with van der Waals surface area (Å²) in [5.74, 6) is -0.100. The van der Waals surface area contributed by atoms with Crippen LogP contribution in [0.1, 0.15) is 13.3 Å². The lowest BCUT2D eigenvalue weighted by Crippen LogP contribution is -2.26. The number of carbonyl (C=O) groups excluding carboxylic acids is 2. The highest BCUT2D eigenvalue weighted by molar-refractivity contribution is 5.81. The van der Waals surface area contributed by atoms with Crippen LogP contribution in [0.4, 0.5) is 0 Å². The summed E-state index contributed by atoms with van der Waals surface area (Å²) in [6, 6.07) is 7.03. The molecule has 1 aliphatic rings. The van der Waals surface area contributed by atoms with Crippen LogP contribution in [0, 0.1) is 0 Å². The Kier molecular flexibility index (Phi) is 4.81. The smallest absolute Gasteiger partial charge is 0.347 e. The molecule has 6 nitrogen and oxygen atoms in total. The van der Waals surface area contributed by atoms with Crippen LogP contribution in [0.15, 0.2) is 24.3 Å². The van der Waals surface area contributed by atoms with E-state index in [1.165, 1.54) is 0 Å². The second kappa shape index (κ2) is 6.79. The topological polar surface area (TPSA) is 71.1 Å². The molecular formula is C14H16O6. The Morgan fingerprint density at radius 3 is 2.60 bits per heavy atom. The first-order chi connectivity index (χ1) is 9.70. The zero-order valence-electron chi connectivity index (χ0n) is 11.2. The lowest BCUT2D eigenvalue weighted by atomic mass is 10.3. The number of cyclic esters (lactones) is 1. The molecule has 1 heterocycles. The summed E-state index contributed by atoms with van der Waals surface area (Å²) in [4.78, 5) is 22.8. The van der Waals surface area contributed by atoms with Crippen molar-refractivity contribution in [3.05, 3.63) is 24.3 Å². The van der Waals surface area contributed by atoms with Crippen molar-refractivity contribution in [1.82, 2.24) is 0 Å². The molecule has 6 heteroatoms. The van der Waals surface area contributed by atoms with Crippen molar-refractivity contribution in [3.63, 3.8) is 0 Å². The second-order valence-corrected chi connectivity index (χ2v) is 4.10. The van der Waals surface area contributed by atoms with E-state index in [1.807, 2.05) is 13.0 Å². The number of carbonyl (C=O) groups is 2. The number of hydrogen-bond acceptors (Lipinski definition) is 6. The van der Waals surface area contributed by atoms with Gasteiger partial charge in [-0.1, -0.05) is 12.1 Å². The van der Waals surface area contributed by atoms with Gasteiger partial charge in [-0.15, -0.1) is 0 Å². The van der Waals surface area contributed by atoms with E-state index in [4.69, 9.17) is 18.9 Å². The first-order valence-corrected chi connectivity index (χ1v) is 6.41. The number of para-hydroxylation sites is 2. The van der Waals surface area contributed by atoms with Gasteiger partial charge in [0.25, 0.3) is 0 Å². The highest BCUT2D eigenvalue weighted by Gasteiger charge is 2.30. The second-order valence-electron chi connectivity index (χ2n) is 4.10. The number of rotatable bonds is 6. The minimum atomic E-state index is -0.812. The third kappa shape index (κ3) is 3.63. The van der Waals surface area contributed by atoms with Crippen molar-refractivity contribution in [2.24, 2.45) is 0 Å². The Morgan fingerprint density at radius 1 is 1.30 bits per heavy atom. The van der Waals surface area contributed by atoms with Gasteiger partial charge in [0.05, 0.1) is 13.2 Å². The maximum Gasteiger partial charge on any atom is 0.347 e. The zero-order chi connectivity index (χ0) is 14.4. The average molecular weight is 280 g/mol. The molecule has 0 bridgehead atoms. The minimum Gasteiger partial charge on any atom is -0.490 e. The molecule has 0 aromatic heterocycles. The van der Waals surface area contributed by atoms with Crippen LogP contribution in [0.5, 0.6) is 11.5 Å². The van der Waals surface area contributed by atoms with Crippen LogP contribution >= 0.6 is 0 Å². The summed E-state index contributed by atoms with van der Waals surface area (Å²) in [5.41, 5.74) is 0. The average Bonchev–Trinajstić information content (AvgIpc) is 2.84. The highest BCUT2D eigenvalue weighted by Crippen LogP contribution is 2.26. The van der Waals surface area contributed by atoms with Gasteiger partial charge in [0, 0.05) is 6.42 Å². The fraction of sp³-hybridized carbons (Fsp3) is 0.429. The molecule has 0 spiro atoms. The number of ether oxygens (including phenoxy) is 4. The van der Waals surface area contributed by atoms with Crippen LogP contribution in [-0.4, -0.2) is 37.9 Å². The van der Waals surface area contributed by atoms with Crippen LogP contribution in [0.3, 0.4) is 0 Å². The molecule has 1 atom stereocenters. The fourth-order valence-electron chi connectivity index (χ4n) is 1.76. The van der Waals surface area contributed by atoms with Crippen LogP contribution < -0.4 is 9.47 Å². The number of hydrogen-bond donors (Lipinski definition) is 0. The molecule has 0 amide bonds. The molecule has 0 aliphatic carbocycles. The Balaban J connectivity index is 1.85. The van der Waals surface area contributed by atoms with E-state index in [2.05, 4.69) is 0 Å². The maximum absolute atomic E-state index is 11.6. The summed E-state index contributed by atoms with van der Waals surface area (Å²) in [6.45, 7) is 2.36. The van der Waals surface area contributed by atoms with E-state index in [1.54, 1.807) is 18.2 Å². The summed E-state index contributed by atoms with van der Waals surface area (Å²) < 4.78 is 20.4. The Labute approximate surface area is 116 Å². The molecule has 1 aliphatic heterocycles. The lowest BCUT2D eigenvalue weighted by Gasteiger charge is -2.12. The SMILES string of the molecule is CCOc1ccccc1OCC(=O)O[C@@H]1CCOC1=O. The fourth-order valence-corrected chi connectivity index (χ4v) is 1.76. The molecule has 0 saturated carbocycles.